The Labute approximate surface area is 199 Å². The van der Waals surface area contributed by atoms with E-state index in [-0.39, 0.29) is 21.5 Å². The van der Waals surface area contributed by atoms with Gasteiger partial charge in [-0.25, -0.2) is 17.9 Å². The maximum absolute atomic E-state index is 13.3. The van der Waals surface area contributed by atoms with Crippen LogP contribution in [0.25, 0.3) is 16.6 Å². The lowest BCUT2D eigenvalue weighted by Gasteiger charge is -2.24. The fraction of sp³-hybridized carbons (Fsp3) is 0.348. The summed E-state index contributed by atoms with van der Waals surface area (Å²) in [6, 6.07) is 8.52. The summed E-state index contributed by atoms with van der Waals surface area (Å²) < 4.78 is 72.8. The molecule has 12 heteroatoms. The van der Waals surface area contributed by atoms with Crippen molar-refractivity contribution in [2.75, 3.05) is 6.26 Å². The van der Waals surface area contributed by atoms with Crippen molar-refractivity contribution >= 4 is 26.7 Å². The van der Waals surface area contributed by atoms with Crippen molar-refractivity contribution in [2.45, 2.75) is 50.5 Å². The molecular formula is C23H23F3N2O6S. The monoisotopic (exact) mass is 512 g/mol. The van der Waals surface area contributed by atoms with Crippen LogP contribution in [0.5, 0.6) is 5.75 Å². The highest BCUT2D eigenvalue weighted by atomic mass is 32.2. The number of benzene rings is 2. The molecule has 8 nitrogen and oxygen atoms in total. The van der Waals surface area contributed by atoms with Gasteiger partial charge in [-0.05, 0) is 56.7 Å². The number of hydrogen-bond donors (Lipinski definition) is 0. The van der Waals surface area contributed by atoms with E-state index in [4.69, 9.17) is 4.74 Å². The Bertz CT molecular complexity index is 1430. The number of aromatic nitrogens is 2. The van der Waals surface area contributed by atoms with E-state index in [0.29, 0.717) is 12.8 Å². The second-order valence-corrected chi connectivity index (χ2v) is 10.4. The molecule has 0 fully saturated rings. The molecule has 2 aromatic carbocycles. The van der Waals surface area contributed by atoms with Gasteiger partial charge in [0.15, 0.2) is 9.84 Å². The molecule has 35 heavy (non-hydrogen) atoms. The van der Waals surface area contributed by atoms with Crippen molar-refractivity contribution < 1.29 is 35.9 Å². The number of ether oxygens (including phenoxy) is 2. The third-order valence-electron chi connectivity index (χ3n) is 5.00. The van der Waals surface area contributed by atoms with Crippen molar-refractivity contribution in [1.29, 1.82) is 0 Å². The molecule has 0 radical (unpaired) electrons. The summed E-state index contributed by atoms with van der Waals surface area (Å²) in [4.78, 5) is 25.9. The quantitative estimate of drug-likeness (QED) is 0.432. The van der Waals surface area contributed by atoms with Crippen LogP contribution in [-0.4, -0.2) is 42.4 Å². The van der Waals surface area contributed by atoms with E-state index in [1.807, 2.05) is 6.92 Å². The normalized spacial score (nSPS) is 12.5. The van der Waals surface area contributed by atoms with Crippen molar-refractivity contribution in [2.24, 2.45) is 0 Å². The Morgan fingerprint density at radius 1 is 1.09 bits per heavy atom. The van der Waals surface area contributed by atoms with Crippen LogP contribution in [-0.2, 0) is 14.6 Å². The maximum atomic E-state index is 13.3. The van der Waals surface area contributed by atoms with Gasteiger partial charge in [0.05, 0.1) is 21.5 Å². The molecule has 3 aromatic rings. The van der Waals surface area contributed by atoms with E-state index in [1.54, 1.807) is 13.8 Å². The van der Waals surface area contributed by atoms with Gasteiger partial charge in [0, 0.05) is 6.26 Å². The minimum absolute atomic E-state index is 0.0341. The Morgan fingerprint density at radius 3 is 2.26 bits per heavy atom. The summed E-state index contributed by atoms with van der Waals surface area (Å²) in [5.74, 6) is -1.55. The highest BCUT2D eigenvalue weighted by Gasteiger charge is 2.31. The zero-order valence-electron chi connectivity index (χ0n) is 19.3. The van der Waals surface area contributed by atoms with E-state index in [2.05, 4.69) is 9.84 Å². The van der Waals surface area contributed by atoms with Crippen LogP contribution in [0.15, 0.2) is 52.2 Å². The van der Waals surface area contributed by atoms with Crippen LogP contribution in [0.3, 0.4) is 0 Å². The van der Waals surface area contributed by atoms with Gasteiger partial charge < -0.3 is 9.47 Å². The lowest BCUT2D eigenvalue weighted by Crippen LogP contribution is -2.32. The highest BCUT2D eigenvalue weighted by molar-refractivity contribution is 7.91. The number of nitrogens with zero attached hydrogens (tertiary/aromatic N) is 2. The lowest BCUT2D eigenvalue weighted by atomic mass is 10.0. The Balaban J connectivity index is 2.28. The van der Waals surface area contributed by atoms with Gasteiger partial charge in [-0.3, -0.25) is 4.79 Å². The molecule has 0 N–H and O–H groups in total. The predicted molar refractivity (Wildman–Crippen MR) is 122 cm³/mol. The third kappa shape index (κ3) is 5.99. The molecule has 0 bridgehead atoms. The van der Waals surface area contributed by atoms with Crippen molar-refractivity contribution in [1.82, 2.24) is 9.78 Å². The first-order valence-corrected chi connectivity index (χ1v) is 12.4. The van der Waals surface area contributed by atoms with Crippen molar-refractivity contribution in [3.05, 3.63) is 58.4 Å². The van der Waals surface area contributed by atoms with Crippen LogP contribution in [0.1, 0.15) is 44.1 Å². The number of hydrogen-bond acceptors (Lipinski definition) is 7. The number of halogens is 3. The van der Waals surface area contributed by atoms with Crippen LogP contribution in [0, 0.1) is 0 Å². The van der Waals surface area contributed by atoms with Crippen LogP contribution >= 0.6 is 0 Å². The lowest BCUT2D eigenvalue weighted by molar-refractivity contribution is -0.274. The SMILES string of the molecule is CCCC(C)(C)OC(=O)c1nn(-c2ccc(OC(F)(F)F)cc2)c2cccc(S(C)(=O)=O)c2c1=O. The first kappa shape index (κ1) is 26.2. The first-order valence-electron chi connectivity index (χ1n) is 10.5. The number of carbonyl (C=O) groups is 1. The molecule has 3 rings (SSSR count). The Kier molecular flexibility index (Phi) is 6.98. The van der Waals surface area contributed by atoms with E-state index in [1.165, 1.54) is 30.3 Å². The minimum atomic E-state index is -4.89. The first-order chi connectivity index (χ1) is 16.1. The van der Waals surface area contributed by atoms with Gasteiger partial charge in [-0.1, -0.05) is 19.4 Å². The minimum Gasteiger partial charge on any atom is -0.455 e. The second-order valence-electron chi connectivity index (χ2n) is 8.45. The summed E-state index contributed by atoms with van der Waals surface area (Å²) >= 11 is 0. The summed E-state index contributed by atoms with van der Waals surface area (Å²) in [6.45, 7) is 5.21. The zero-order chi connectivity index (χ0) is 26.2. The molecule has 0 unspecified atom stereocenters. The largest absolute Gasteiger partial charge is 0.573 e. The number of sulfone groups is 1. The molecule has 0 saturated heterocycles. The van der Waals surface area contributed by atoms with E-state index < -0.39 is 44.6 Å². The standard InChI is InChI=1S/C23H23F3N2O6S/c1-5-13-22(2,3)34-21(30)19-20(29)18-16(7-6-8-17(18)35(4,31)32)28(27-19)14-9-11-15(12-10-14)33-23(24,25)26/h6-12H,5,13H2,1-4H3. The molecule has 0 aliphatic rings. The molecule has 0 aliphatic carbocycles. The van der Waals surface area contributed by atoms with E-state index in [9.17, 15) is 31.2 Å². The number of esters is 1. The smallest absolute Gasteiger partial charge is 0.455 e. The van der Waals surface area contributed by atoms with E-state index in [0.717, 1.165) is 23.1 Å². The molecule has 0 aliphatic heterocycles. The highest BCUT2D eigenvalue weighted by Crippen LogP contribution is 2.27. The van der Waals surface area contributed by atoms with Gasteiger partial charge in [0.1, 0.15) is 11.4 Å². The zero-order valence-corrected chi connectivity index (χ0v) is 20.2. The van der Waals surface area contributed by atoms with Gasteiger partial charge >= 0.3 is 12.3 Å². The number of carbonyl (C=O) groups excluding carboxylic acids is 1. The average molecular weight is 513 g/mol. The Hall–Kier alpha value is -3.41. The maximum Gasteiger partial charge on any atom is 0.573 e. The summed E-state index contributed by atoms with van der Waals surface area (Å²) in [5.41, 5.74) is -2.34. The van der Waals surface area contributed by atoms with Gasteiger partial charge in [0.2, 0.25) is 11.1 Å². The van der Waals surface area contributed by atoms with Crippen molar-refractivity contribution in [3.8, 4) is 11.4 Å². The molecule has 188 valence electrons. The molecule has 0 amide bonds. The fourth-order valence-electron chi connectivity index (χ4n) is 3.62. The topological polar surface area (TPSA) is 105 Å². The predicted octanol–water partition coefficient (Wildman–Crippen LogP) is 4.42. The summed E-state index contributed by atoms with van der Waals surface area (Å²) in [6.07, 6.45) is -2.79. The Morgan fingerprint density at radius 2 is 1.71 bits per heavy atom. The van der Waals surface area contributed by atoms with Crippen LogP contribution < -0.4 is 10.2 Å². The molecule has 1 heterocycles. The number of fused-ring (bicyclic) bond motifs is 1. The molecule has 0 atom stereocenters. The molecule has 1 aromatic heterocycles. The average Bonchev–Trinajstić information content (AvgIpc) is 2.72. The third-order valence-corrected chi connectivity index (χ3v) is 6.14. The fourth-order valence-corrected chi connectivity index (χ4v) is 4.52. The summed E-state index contributed by atoms with van der Waals surface area (Å²) in [5, 5.41) is 3.82. The van der Waals surface area contributed by atoms with Crippen molar-refractivity contribution in [3.63, 3.8) is 0 Å². The van der Waals surface area contributed by atoms with Crippen LogP contribution in [0.4, 0.5) is 13.2 Å². The number of alkyl halides is 3. The van der Waals surface area contributed by atoms with Gasteiger partial charge in [-0.15, -0.1) is 13.2 Å². The number of rotatable bonds is 7. The molecule has 0 spiro atoms. The van der Waals surface area contributed by atoms with Crippen LogP contribution in [0.2, 0.25) is 0 Å². The molecule has 0 saturated carbocycles. The van der Waals surface area contributed by atoms with Gasteiger partial charge in [-0.2, -0.15) is 5.10 Å². The van der Waals surface area contributed by atoms with Gasteiger partial charge in [0.25, 0.3) is 0 Å². The molecular weight excluding hydrogens is 489 g/mol. The van der Waals surface area contributed by atoms with E-state index >= 15 is 0 Å². The second kappa shape index (κ2) is 9.33. The summed E-state index contributed by atoms with van der Waals surface area (Å²) in [7, 11) is -3.90.